The van der Waals surface area contributed by atoms with Gasteiger partial charge in [-0.3, -0.25) is 9.59 Å². The van der Waals surface area contributed by atoms with Crippen LogP contribution >= 0.6 is 11.8 Å². The number of amidine groups is 1. The van der Waals surface area contributed by atoms with Crippen molar-refractivity contribution in [2.24, 2.45) is 4.99 Å². The van der Waals surface area contributed by atoms with Crippen molar-refractivity contribution in [3.63, 3.8) is 0 Å². The second-order valence-corrected chi connectivity index (χ2v) is 7.37. The maximum absolute atomic E-state index is 12.9. The first-order valence-corrected chi connectivity index (χ1v) is 9.18. The molecular weight excluding hydrogens is 367 g/mol. The zero-order valence-corrected chi connectivity index (χ0v) is 15.7. The number of carbonyl (C=O) groups excluding carboxylic acids is 2. The van der Waals surface area contributed by atoms with Gasteiger partial charge in [0.25, 0.3) is 0 Å². The predicted octanol–water partition coefficient (Wildman–Crippen LogP) is 3.14. The molecule has 1 atom stereocenters. The van der Waals surface area contributed by atoms with E-state index in [0.29, 0.717) is 10.9 Å². The van der Waals surface area contributed by atoms with Crippen LogP contribution in [0.2, 0.25) is 0 Å². The molecule has 1 fully saturated rings. The lowest BCUT2D eigenvalue weighted by Crippen LogP contribution is -2.28. The fourth-order valence-corrected chi connectivity index (χ4v) is 3.44. The zero-order valence-electron chi connectivity index (χ0n) is 14.9. The van der Waals surface area contributed by atoms with E-state index in [1.54, 1.807) is 0 Å². The lowest BCUT2D eigenvalue weighted by molar-refractivity contribution is -0.122. The summed E-state index contributed by atoms with van der Waals surface area (Å²) < 4.78 is 12.9. The number of hydrogen-bond donors (Lipinski definition) is 2. The largest absolute Gasteiger partial charge is 0.378 e. The molecule has 1 unspecified atom stereocenters. The Hall–Kier alpha value is -2.87. The summed E-state index contributed by atoms with van der Waals surface area (Å²) in [5.74, 6) is -0.943. The van der Waals surface area contributed by atoms with E-state index in [1.807, 2.05) is 43.3 Å². The smallest absolute Gasteiger partial charge is 0.240 e. The van der Waals surface area contributed by atoms with Gasteiger partial charge in [0.05, 0.1) is 5.69 Å². The molecule has 2 amide bonds. The summed E-state index contributed by atoms with van der Waals surface area (Å²) in [6.07, 6.45) is 0.00641. The highest BCUT2D eigenvalue weighted by Crippen LogP contribution is 2.26. The molecule has 1 heterocycles. The van der Waals surface area contributed by atoms with Gasteiger partial charge in [-0.2, -0.15) is 0 Å². The van der Waals surface area contributed by atoms with Crippen LogP contribution in [0.1, 0.15) is 6.42 Å². The Morgan fingerprint density at radius 3 is 2.48 bits per heavy atom. The van der Waals surface area contributed by atoms with Gasteiger partial charge in [0.1, 0.15) is 11.1 Å². The highest BCUT2D eigenvalue weighted by molar-refractivity contribution is 8.15. The van der Waals surface area contributed by atoms with Gasteiger partial charge in [-0.1, -0.05) is 11.8 Å². The lowest BCUT2D eigenvalue weighted by Gasteiger charge is -2.11. The number of rotatable bonds is 5. The van der Waals surface area contributed by atoms with Crippen molar-refractivity contribution < 1.29 is 14.0 Å². The second-order valence-electron chi connectivity index (χ2n) is 6.18. The molecule has 0 aromatic heterocycles. The van der Waals surface area contributed by atoms with E-state index < -0.39 is 5.25 Å². The maximum Gasteiger partial charge on any atom is 0.240 e. The minimum Gasteiger partial charge on any atom is -0.378 e. The quantitative estimate of drug-likeness (QED) is 0.828. The van der Waals surface area contributed by atoms with Crippen molar-refractivity contribution in [1.29, 1.82) is 0 Å². The van der Waals surface area contributed by atoms with Crippen molar-refractivity contribution in [3.8, 4) is 0 Å². The second kappa shape index (κ2) is 8.22. The highest BCUT2D eigenvalue weighted by Gasteiger charge is 2.32. The summed E-state index contributed by atoms with van der Waals surface area (Å²) in [6, 6.07) is 13.1. The molecule has 2 aromatic carbocycles. The topological polar surface area (TPSA) is 73.8 Å². The van der Waals surface area contributed by atoms with E-state index in [9.17, 15) is 14.0 Å². The average Bonchev–Trinajstić information content (AvgIpc) is 2.96. The van der Waals surface area contributed by atoms with E-state index >= 15 is 0 Å². The van der Waals surface area contributed by atoms with Crippen LogP contribution in [0.25, 0.3) is 0 Å². The van der Waals surface area contributed by atoms with E-state index in [4.69, 9.17) is 0 Å². The molecule has 0 radical (unpaired) electrons. The molecule has 1 saturated heterocycles. The fraction of sp³-hybridized carbons (Fsp3) is 0.211. The van der Waals surface area contributed by atoms with Crippen LogP contribution in [0.4, 0.5) is 21.5 Å². The molecule has 1 aliphatic rings. The molecule has 0 aliphatic carbocycles. The number of benzene rings is 2. The molecule has 3 rings (SSSR count). The van der Waals surface area contributed by atoms with Crippen LogP contribution in [-0.2, 0) is 9.59 Å². The molecule has 0 bridgehead atoms. The fourth-order valence-electron chi connectivity index (χ4n) is 2.45. The maximum atomic E-state index is 12.9. The Labute approximate surface area is 160 Å². The summed E-state index contributed by atoms with van der Waals surface area (Å²) in [4.78, 5) is 30.6. The van der Waals surface area contributed by atoms with Gasteiger partial charge in [0, 0.05) is 31.9 Å². The molecule has 27 heavy (non-hydrogen) atoms. The van der Waals surface area contributed by atoms with E-state index in [1.165, 1.54) is 36.0 Å². The van der Waals surface area contributed by atoms with Crippen molar-refractivity contribution >= 4 is 45.8 Å². The summed E-state index contributed by atoms with van der Waals surface area (Å²) in [5.41, 5.74) is 2.26. The normalized spacial score (nSPS) is 17.7. The van der Waals surface area contributed by atoms with Gasteiger partial charge in [-0.15, -0.1) is 0 Å². The number of anilines is 2. The first-order valence-electron chi connectivity index (χ1n) is 8.30. The Morgan fingerprint density at radius 2 is 1.85 bits per heavy atom. The first-order chi connectivity index (χ1) is 12.9. The van der Waals surface area contributed by atoms with Crippen molar-refractivity contribution in [1.82, 2.24) is 5.32 Å². The number of amides is 2. The van der Waals surface area contributed by atoms with Gasteiger partial charge >= 0.3 is 0 Å². The monoisotopic (exact) mass is 386 g/mol. The number of hydrogen-bond acceptors (Lipinski definition) is 5. The first kappa shape index (κ1) is 18.9. The molecule has 1 aliphatic heterocycles. The highest BCUT2D eigenvalue weighted by atomic mass is 32.2. The molecule has 0 saturated carbocycles. The zero-order chi connectivity index (χ0) is 19.4. The third kappa shape index (κ3) is 5.07. The molecule has 140 valence electrons. The molecular formula is C19H19FN4O2S. The molecule has 8 heteroatoms. The Kier molecular flexibility index (Phi) is 5.75. The van der Waals surface area contributed by atoms with Crippen LogP contribution in [0.15, 0.2) is 53.5 Å². The number of aliphatic imine (C=N–C) groups is 1. The average molecular weight is 386 g/mol. The SMILES string of the molecule is CN(C)c1ccc(N=C2NC(=O)C(CC(=O)Nc3ccc(F)cc3)S2)cc1. The summed E-state index contributed by atoms with van der Waals surface area (Å²) in [7, 11) is 3.91. The van der Waals surface area contributed by atoms with E-state index in [-0.39, 0.29) is 24.1 Å². The number of carbonyl (C=O) groups is 2. The van der Waals surface area contributed by atoms with Crippen LogP contribution < -0.4 is 15.5 Å². The van der Waals surface area contributed by atoms with Crippen LogP contribution in [-0.4, -0.2) is 36.3 Å². The number of halogens is 1. The molecule has 2 N–H and O–H groups in total. The third-order valence-electron chi connectivity index (χ3n) is 3.87. The standard InChI is InChI=1S/C19H19FN4O2S/c1-24(2)15-9-7-14(8-10-15)22-19-23-18(26)16(27-19)11-17(25)21-13-5-3-12(20)4-6-13/h3-10,16H,11H2,1-2H3,(H,21,25)(H,22,23,26). The minimum absolute atomic E-state index is 0.00641. The van der Waals surface area contributed by atoms with Gasteiger partial charge in [-0.25, -0.2) is 9.38 Å². The van der Waals surface area contributed by atoms with Gasteiger partial charge in [-0.05, 0) is 48.5 Å². The third-order valence-corrected chi connectivity index (χ3v) is 4.95. The van der Waals surface area contributed by atoms with Crippen LogP contribution in [0.5, 0.6) is 0 Å². The summed E-state index contributed by atoms with van der Waals surface area (Å²) in [5, 5.41) is 5.27. The Morgan fingerprint density at radius 1 is 1.19 bits per heavy atom. The van der Waals surface area contributed by atoms with Crippen molar-refractivity contribution in [2.45, 2.75) is 11.7 Å². The number of nitrogens with one attached hydrogen (secondary N) is 2. The van der Waals surface area contributed by atoms with Crippen LogP contribution in [0.3, 0.4) is 0 Å². The van der Waals surface area contributed by atoms with Gasteiger partial charge in [0.2, 0.25) is 11.8 Å². The van der Waals surface area contributed by atoms with E-state index in [2.05, 4.69) is 15.6 Å². The van der Waals surface area contributed by atoms with Gasteiger partial charge in [0.15, 0.2) is 5.17 Å². The molecule has 6 nitrogen and oxygen atoms in total. The Bertz CT molecular complexity index is 866. The number of thioether (sulfide) groups is 1. The Balaban J connectivity index is 1.59. The molecule has 0 spiro atoms. The van der Waals surface area contributed by atoms with Crippen molar-refractivity contribution in [3.05, 3.63) is 54.3 Å². The minimum atomic E-state index is -0.551. The predicted molar refractivity (Wildman–Crippen MR) is 107 cm³/mol. The number of nitrogens with zero attached hydrogens (tertiary/aromatic N) is 2. The van der Waals surface area contributed by atoms with Gasteiger partial charge < -0.3 is 15.5 Å². The summed E-state index contributed by atoms with van der Waals surface area (Å²) in [6.45, 7) is 0. The molecule has 2 aromatic rings. The summed E-state index contributed by atoms with van der Waals surface area (Å²) >= 11 is 1.22. The van der Waals surface area contributed by atoms with Crippen LogP contribution in [0, 0.1) is 5.82 Å². The lowest BCUT2D eigenvalue weighted by atomic mass is 10.2. The van der Waals surface area contributed by atoms with E-state index in [0.717, 1.165) is 11.4 Å². The van der Waals surface area contributed by atoms with Crippen molar-refractivity contribution in [2.75, 3.05) is 24.3 Å².